The molecule has 27 heavy (non-hydrogen) atoms. The third kappa shape index (κ3) is 2.55. The molecular formula is C26H30N+. The first-order valence-electron chi connectivity index (χ1n) is 10.6. The lowest BCUT2D eigenvalue weighted by atomic mass is 9.72. The Balaban J connectivity index is 1.95. The summed E-state index contributed by atoms with van der Waals surface area (Å²) in [7, 11) is 2.26. The molecule has 1 nitrogen and oxygen atoms in total. The summed E-state index contributed by atoms with van der Waals surface area (Å²) in [4.78, 5) is 0. The van der Waals surface area contributed by atoms with Gasteiger partial charge in [-0.25, -0.2) is 0 Å². The van der Waals surface area contributed by atoms with Gasteiger partial charge in [0.05, 0.1) is 5.56 Å². The fourth-order valence-electron chi connectivity index (χ4n) is 5.85. The first kappa shape index (κ1) is 17.0. The quantitative estimate of drug-likeness (QED) is 0.429. The highest BCUT2D eigenvalue weighted by Gasteiger charge is 2.32. The zero-order chi connectivity index (χ0) is 18.7. The van der Waals surface area contributed by atoms with Gasteiger partial charge in [0.2, 0.25) is 11.2 Å². The minimum atomic E-state index is 0.726. The minimum absolute atomic E-state index is 0.726. The van der Waals surface area contributed by atoms with Crippen LogP contribution in [0, 0.1) is 26.7 Å². The third-order valence-corrected chi connectivity index (χ3v) is 7.40. The highest BCUT2D eigenvalue weighted by molar-refractivity contribution is 5.83. The van der Waals surface area contributed by atoms with Crippen molar-refractivity contribution in [2.75, 3.05) is 0 Å². The van der Waals surface area contributed by atoms with E-state index in [2.05, 4.69) is 68.8 Å². The Kier molecular flexibility index (Phi) is 3.89. The van der Waals surface area contributed by atoms with E-state index in [-0.39, 0.29) is 0 Å². The number of nitrogens with zero attached hydrogens (tertiary/aromatic N) is 1. The highest BCUT2D eigenvalue weighted by atomic mass is 14.9. The van der Waals surface area contributed by atoms with Crippen LogP contribution in [-0.2, 0) is 13.5 Å². The van der Waals surface area contributed by atoms with Crippen molar-refractivity contribution >= 4 is 10.9 Å². The average Bonchev–Trinajstić information content (AvgIpc) is 2.68. The number of aryl methyl sites for hydroxylation is 3. The number of hydrogen-bond donors (Lipinski definition) is 0. The van der Waals surface area contributed by atoms with Gasteiger partial charge in [-0.05, 0) is 98.6 Å². The molecule has 3 aliphatic rings. The summed E-state index contributed by atoms with van der Waals surface area (Å²) in [5, 5.41) is 1.44. The highest BCUT2D eigenvalue weighted by Crippen LogP contribution is 2.45. The number of benzene rings is 2. The molecule has 1 fully saturated rings. The van der Waals surface area contributed by atoms with Crippen LogP contribution in [0.2, 0.25) is 0 Å². The van der Waals surface area contributed by atoms with Crippen LogP contribution in [0.4, 0.5) is 0 Å². The molecule has 0 aliphatic heterocycles. The van der Waals surface area contributed by atoms with Crippen molar-refractivity contribution in [3.05, 3.63) is 64.2 Å². The molecule has 2 aromatic carbocycles. The lowest BCUT2D eigenvalue weighted by Crippen LogP contribution is -2.34. The van der Waals surface area contributed by atoms with Crippen LogP contribution >= 0.6 is 0 Å². The van der Waals surface area contributed by atoms with E-state index >= 15 is 0 Å². The van der Waals surface area contributed by atoms with Crippen LogP contribution < -0.4 is 4.57 Å². The van der Waals surface area contributed by atoms with Crippen LogP contribution in [0.15, 0.2) is 36.4 Å². The first-order valence-corrected chi connectivity index (χ1v) is 10.6. The largest absolute Gasteiger partial charge is 0.213 e. The van der Waals surface area contributed by atoms with Gasteiger partial charge in [-0.3, -0.25) is 0 Å². The Hall–Kier alpha value is -2.15. The van der Waals surface area contributed by atoms with Gasteiger partial charge in [0.25, 0.3) is 0 Å². The Labute approximate surface area is 163 Å². The summed E-state index contributed by atoms with van der Waals surface area (Å²) in [5.74, 6) is 1.57. The van der Waals surface area contributed by atoms with Crippen LogP contribution in [0.25, 0.3) is 22.2 Å². The normalized spacial score (nSPS) is 21.3. The lowest BCUT2D eigenvalue weighted by molar-refractivity contribution is -0.633. The van der Waals surface area contributed by atoms with Crippen molar-refractivity contribution in [1.82, 2.24) is 0 Å². The van der Waals surface area contributed by atoms with Gasteiger partial charge in [0, 0.05) is 17.5 Å². The summed E-state index contributed by atoms with van der Waals surface area (Å²) < 4.78 is 2.44. The van der Waals surface area contributed by atoms with E-state index in [0.29, 0.717) is 0 Å². The maximum atomic E-state index is 2.52. The van der Waals surface area contributed by atoms with Crippen LogP contribution in [0.5, 0.6) is 0 Å². The fraction of sp³-hybridized carbons (Fsp3) is 0.423. The van der Waals surface area contributed by atoms with E-state index in [1.165, 1.54) is 71.0 Å². The summed E-state index contributed by atoms with van der Waals surface area (Å²) in [6.07, 6.45) is 6.70. The van der Waals surface area contributed by atoms with E-state index in [1.807, 2.05) is 0 Å². The predicted octanol–water partition coefficient (Wildman–Crippen LogP) is 6.09. The van der Waals surface area contributed by atoms with Crippen LogP contribution in [0.1, 0.15) is 59.4 Å². The minimum Gasteiger partial charge on any atom is -0.194 e. The molecule has 0 amide bonds. The summed E-state index contributed by atoms with van der Waals surface area (Å²) >= 11 is 0. The van der Waals surface area contributed by atoms with Crippen LogP contribution in [-0.4, -0.2) is 0 Å². The Morgan fingerprint density at radius 3 is 2.41 bits per heavy atom. The molecule has 1 aromatic heterocycles. The molecule has 0 spiro atoms. The standard InChI is InChI=1S/C26H30N/c1-16-13-17(2)25-20-11-9-19(10-12-20)14-21-15-24(26(25)18(16)3)27(4)23-8-6-5-7-22(21)23/h5-8,13,15,19-20H,9-12,14H2,1-4H3/q+1. The molecule has 0 radical (unpaired) electrons. The molecule has 0 atom stereocenters. The number of pyridine rings is 1. The van der Waals surface area contributed by atoms with Crippen molar-refractivity contribution < 1.29 is 4.57 Å². The zero-order valence-corrected chi connectivity index (χ0v) is 17.1. The number of aromatic nitrogens is 1. The molecule has 3 aromatic rings. The molecule has 1 saturated carbocycles. The van der Waals surface area contributed by atoms with Crippen molar-refractivity contribution in [3.63, 3.8) is 0 Å². The Morgan fingerprint density at radius 1 is 0.889 bits per heavy atom. The van der Waals surface area contributed by atoms with E-state index in [1.54, 1.807) is 11.1 Å². The van der Waals surface area contributed by atoms with E-state index in [0.717, 1.165) is 11.8 Å². The molecule has 6 rings (SSSR count). The van der Waals surface area contributed by atoms with Gasteiger partial charge in [0.15, 0.2) is 0 Å². The second kappa shape index (κ2) is 6.19. The predicted molar refractivity (Wildman–Crippen MR) is 113 cm³/mol. The fourth-order valence-corrected chi connectivity index (χ4v) is 5.85. The monoisotopic (exact) mass is 356 g/mol. The Bertz CT molecular complexity index is 1050. The topological polar surface area (TPSA) is 3.88 Å². The number of rotatable bonds is 0. The van der Waals surface area contributed by atoms with E-state index < -0.39 is 0 Å². The molecule has 0 unspecified atom stereocenters. The SMILES string of the molecule is Cc1cc(C)c2c(c1C)-c1cc(c3ccccc3[n+]1C)CC1CCC2CC1. The molecule has 3 aliphatic carbocycles. The molecular weight excluding hydrogens is 326 g/mol. The van der Waals surface area contributed by atoms with Gasteiger partial charge in [-0.1, -0.05) is 18.2 Å². The summed E-state index contributed by atoms with van der Waals surface area (Å²) in [6, 6.07) is 13.9. The number of hydrogen-bond acceptors (Lipinski definition) is 0. The average molecular weight is 357 g/mol. The zero-order valence-electron chi connectivity index (χ0n) is 17.1. The molecule has 0 saturated heterocycles. The molecule has 138 valence electrons. The van der Waals surface area contributed by atoms with E-state index in [4.69, 9.17) is 0 Å². The number of para-hydroxylation sites is 1. The van der Waals surface area contributed by atoms with Gasteiger partial charge in [0.1, 0.15) is 7.05 Å². The van der Waals surface area contributed by atoms with Gasteiger partial charge in [-0.15, -0.1) is 0 Å². The van der Waals surface area contributed by atoms with Gasteiger partial charge >= 0.3 is 0 Å². The number of fused-ring (bicyclic) bond motifs is 3. The molecule has 4 bridgehead atoms. The molecule has 0 N–H and O–H groups in total. The molecule has 1 heteroatoms. The smallest absolute Gasteiger partial charge is 0.194 e. The molecule has 1 heterocycles. The van der Waals surface area contributed by atoms with Crippen molar-refractivity contribution in [2.24, 2.45) is 13.0 Å². The second-order valence-corrected chi connectivity index (χ2v) is 8.98. The maximum Gasteiger partial charge on any atom is 0.213 e. The summed E-state index contributed by atoms with van der Waals surface area (Å²) in [5.41, 5.74) is 11.9. The summed E-state index contributed by atoms with van der Waals surface area (Å²) in [6.45, 7) is 6.95. The van der Waals surface area contributed by atoms with E-state index in [9.17, 15) is 0 Å². The third-order valence-electron chi connectivity index (χ3n) is 7.40. The Morgan fingerprint density at radius 2 is 1.63 bits per heavy atom. The van der Waals surface area contributed by atoms with Crippen molar-refractivity contribution in [3.8, 4) is 11.3 Å². The van der Waals surface area contributed by atoms with Crippen molar-refractivity contribution in [2.45, 2.75) is 58.8 Å². The van der Waals surface area contributed by atoms with Crippen LogP contribution in [0.3, 0.4) is 0 Å². The maximum absolute atomic E-state index is 2.52. The lowest BCUT2D eigenvalue weighted by Gasteiger charge is -2.33. The second-order valence-electron chi connectivity index (χ2n) is 8.98. The van der Waals surface area contributed by atoms with Gasteiger partial charge < -0.3 is 0 Å². The first-order chi connectivity index (χ1) is 13.0. The van der Waals surface area contributed by atoms with Gasteiger partial charge in [-0.2, -0.15) is 4.57 Å². The van der Waals surface area contributed by atoms with Crippen molar-refractivity contribution in [1.29, 1.82) is 0 Å².